The number of nitrogens with zero attached hydrogens (tertiary/aromatic N) is 5. The van der Waals surface area contributed by atoms with Crippen LogP contribution in [0.25, 0.3) is 0 Å². The topological polar surface area (TPSA) is 115 Å². The number of aliphatic hydroxyl groups is 2. The Morgan fingerprint density at radius 2 is 1.97 bits per heavy atom. The molecule has 3 rings (SSSR count). The van der Waals surface area contributed by atoms with Crippen LogP contribution in [-0.4, -0.2) is 59.0 Å². The molecule has 3 atom stereocenters. The Morgan fingerprint density at radius 3 is 2.68 bits per heavy atom. The van der Waals surface area contributed by atoms with Gasteiger partial charge in [0.25, 0.3) is 5.56 Å². The zero-order valence-corrected chi connectivity index (χ0v) is 18.5. The zero-order valence-electron chi connectivity index (χ0n) is 17.7. The minimum absolute atomic E-state index is 0.151. The van der Waals surface area contributed by atoms with Crippen LogP contribution >= 0.6 is 11.8 Å². The van der Waals surface area contributed by atoms with E-state index in [1.165, 1.54) is 25.6 Å². The molecule has 2 N–H and O–H groups in total. The molecule has 0 aliphatic carbocycles. The third-order valence-electron chi connectivity index (χ3n) is 5.53. The highest BCUT2D eigenvalue weighted by Crippen LogP contribution is 2.40. The maximum Gasteiger partial charge on any atom is 0.331 e. The van der Waals surface area contributed by atoms with Gasteiger partial charge in [-0.1, -0.05) is 18.1 Å². The number of thioether (sulfide) groups is 1. The first kappa shape index (κ1) is 23.7. The van der Waals surface area contributed by atoms with E-state index >= 15 is 0 Å². The van der Waals surface area contributed by atoms with Gasteiger partial charge in [0, 0.05) is 30.9 Å². The summed E-state index contributed by atoms with van der Waals surface area (Å²) in [5.41, 5.74) is 0.665. The Bertz CT molecular complexity index is 975. The standard InChI is InChI=1S/C20H30FN5O4S/c1-14-11-26(18-10-16(28)17(13-27)31-18)20(30)25(19(14)29)8-5-3-2-4-6-15-12-24(9-7-21)23-22-15/h11-12,16-18,27-28H,2-10,13H2,1H3/t16?,17-,18?/m1/s1/i21-1. The van der Waals surface area contributed by atoms with E-state index in [1.54, 1.807) is 19.3 Å². The fourth-order valence-corrected chi connectivity index (χ4v) is 5.16. The van der Waals surface area contributed by atoms with Gasteiger partial charge < -0.3 is 10.2 Å². The molecule has 0 radical (unpaired) electrons. The van der Waals surface area contributed by atoms with Crippen molar-refractivity contribution in [2.45, 2.75) is 75.3 Å². The summed E-state index contributed by atoms with van der Waals surface area (Å²) >= 11 is 1.36. The first-order valence-electron chi connectivity index (χ1n) is 10.7. The summed E-state index contributed by atoms with van der Waals surface area (Å²) in [6, 6.07) is 0. The molecule has 1 fully saturated rings. The highest BCUT2D eigenvalue weighted by molar-refractivity contribution is 8.00. The van der Waals surface area contributed by atoms with E-state index in [-0.39, 0.29) is 35.0 Å². The summed E-state index contributed by atoms with van der Waals surface area (Å²) < 4.78 is 16.6. The Labute approximate surface area is 183 Å². The van der Waals surface area contributed by atoms with E-state index in [0.29, 0.717) is 24.9 Å². The second-order valence-electron chi connectivity index (χ2n) is 7.90. The van der Waals surface area contributed by atoms with Gasteiger partial charge in [0.1, 0.15) is 6.67 Å². The molecule has 2 aromatic rings. The molecule has 3 heterocycles. The van der Waals surface area contributed by atoms with Crippen molar-refractivity contribution in [2.24, 2.45) is 0 Å². The molecule has 0 bridgehead atoms. The lowest BCUT2D eigenvalue weighted by Crippen LogP contribution is -2.41. The van der Waals surface area contributed by atoms with Crippen LogP contribution in [-0.2, 0) is 19.5 Å². The van der Waals surface area contributed by atoms with Crippen molar-refractivity contribution in [1.29, 1.82) is 0 Å². The number of hydrogen-bond acceptors (Lipinski definition) is 7. The largest absolute Gasteiger partial charge is 0.395 e. The zero-order chi connectivity index (χ0) is 22.4. The van der Waals surface area contributed by atoms with Crippen LogP contribution in [0.1, 0.15) is 48.7 Å². The van der Waals surface area contributed by atoms with Gasteiger partial charge in [-0.3, -0.25) is 13.9 Å². The van der Waals surface area contributed by atoms with Crippen LogP contribution in [0.2, 0.25) is 0 Å². The third kappa shape index (κ3) is 5.83. The lowest BCUT2D eigenvalue weighted by Gasteiger charge is -2.16. The first-order valence-corrected chi connectivity index (χ1v) is 11.6. The van der Waals surface area contributed by atoms with Crippen molar-refractivity contribution < 1.29 is 14.6 Å². The highest BCUT2D eigenvalue weighted by atomic mass is 32.2. The van der Waals surface area contributed by atoms with E-state index in [9.17, 15) is 24.2 Å². The Morgan fingerprint density at radius 1 is 1.19 bits per heavy atom. The second-order valence-corrected chi connectivity index (χ2v) is 9.32. The molecule has 172 valence electrons. The average Bonchev–Trinajstić information content (AvgIpc) is 3.35. The molecular weight excluding hydrogens is 424 g/mol. The van der Waals surface area contributed by atoms with Gasteiger partial charge in [0.2, 0.25) is 0 Å². The van der Waals surface area contributed by atoms with E-state index < -0.39 is 12.8 Å². The molecule has 0 saturated carbocycles. The molecule has 1 aliphatic rings. The maximum atomic E-state index is 12.9. The quantitative estimate of drug-likeness (QED) is 0.488. The monoisotopic (exact) mass is 454 g/mol. The van der Waals surface area contributed by atoms with Gasteiger partial charge in [-0.2, -0.15) is 0 Å². The van der Waals surface area contributed by atoms with Crippen molar-refractivity contribution in [1.82, 2.24) is 24.1 Å². The number of aliphatic hydroxyl groups excluding tert-OH is 2. The van der Waals surface area contributed by atoms with Gasteiger partial charge in [0.05, 0.1) is 35.6 Å². The Kier molecular flexibility index (Phi) is 8.44. The predicted octanol–water partition coefficient (Wildman–Crippen LogP) is 1.04. The number of rotatable bonds is 11. The van der Waals surface area contributed by atoms with Crippen molar-refractivity contribution in [3.05, 3.63) is 44.5 Å². The Hall–Kier alpha value is -1.98. The fraction of sp³-hybridized carbons (Fsp3) is 0.700. The van der Waals surface area contributed by atoms with Crippen LogP contribution in [0.3, 0.4) is 0 Å². The van der Waals surface area contributed by atoms with Crippen molar-refractivity contribution in [2.75, 3.05) is 13.3 Å². The molecule has 31 heavy (non-hydrogen) atoms. The summed E-state index contributed by atoms with van der Waals surface area (Å²) in [6.07, 6.45) is 7.16. The maximum absolute atomic E-state index is 12.9. The fourth-order valence-electron chi connectivity index (χ4n) is 3.79. The van der Waals surface area contributed by atoms with Gasteiger partial charge >= 0.3 is 5.69 Å². The van der Waals surface area contributed by atoms with Gasteiger partial charge in [-0.05, 0) is 26.2 Å². The summed E-state index contributed by atoms with van der Waals surface area (Å²) in [4.78, 5) is 25.4. The molecular formula is C20H30FN5O4S. The highest BCUT2D eigenvalue weighted by Gasteiger charge is 2.35. The molecule has 2 aromatic heterocycles. The number of unbranched alkanes of at least 4 members (excludes halogenated alkanes) is 3. The van der Waals surface area contributed by atoms with Crippen molar-refractivity contribution in [3.63, 3.8) is 0 Å². The minimum atomic E-state index is -0.675. The van der Waals surface area contributed by atoms with Crippen molar-refractivity contribution in [3.8, 4) is 0 Å². The lowest BCUT2D eigenvalue weighted by molar-refractivity contribution is 0.137. The molecule has 1 saturated heterocycles. The van der Waals surface area contributed by atoms with Gasteiger partial charge in [0.15, 0.2) is 0 Å². The number of halogens is 1. The number of aryl methyl sites for hydroxylation is 3. The molecule has 2 unspecified atom stereocenters. The smallest absolute Gasteiger partial charge is 0.331 e. The van der Waals surface area contributed by atoms with Crippen LogP contribution in [0.5, 0.6) is 0 Å². The summed E-state index contributed by atoms with van der Waals surface area (Å²) in [5, 5.41) is 26.7. The Balaban J connectivity index is 1.53. The number of alkyl halides is 1. The predicted molar refractivity (Wildman–Crippen MR) is 116 cm³/mol. The molecule has 9 nitrogen and oxygen atoms in total. The van der Waals surface area contributed by atoms with Gasteiger partial charge in [-0.15, -0.1) is 16.9 Å². The molecule has 11 heteroatoms. The van der Waals surface area contributed by atoms with E-state index in [2.05, 4.69) is 10.3 Å². The average molecular weight is 455 g/mol. The lowest BCUT2D eigenvalue weighted by atomic mass is 10.1. The van der Waals surface area contributed by atoms with Crippen LogP contribution in [0.15, 0.2) is 22.0 Å². The van der Waals surface area contributed by atoms with E-state index in [1.807, 2.05) is 0 Å². The van der Waals surface area contributed by atoms with Crippen LogP contribution in [0.4, 0.5) is 4.39 Å². The summed E-state index contributed by atoms with van der Waals surface area (Å²) in [6.45, 7) is 1.63. The summed E-state index contributed by atoms with van der Waals surface area (Å²) in [5.74, 6) is 0. The SMILES string of the molecule is Cc1cn(C2CC(O)[C@@H](CO)S2)c(=O)n(CCCCCCc2cn(CC[18F])nn2)c1=O. The van der Waals surface area contributed by atoms with E-state index in [0.717, 1.165) is 31.4 Å². The molecule has 1 aliphatic heterocycles. The number of aromatic nitrogens is 5. The van der Waals surface area contributed by atoms with Crippen molar-refractivity contribution >= 4 is 11.8 Å². The first-order chi connectivity index (χ1) is 14.9. The van der Waals surface area contributed by atoms with Crippen LogP contribution in [0, 0.1) is 6.92 Å². The van der Waals surface area contributed by atoms with Gasteiger partial charge in [-0.25, -0.2) is 13.9 Å². The van der Waals surface area contributed by atoms with E-state index in [4.69, 9.17) is 0 Å². The molecule has 0 spiro atoms. The minimum Gasteiger partial charge on any atom is -0.395 e. The normalized spacial score (nSPS) is 21.1. The summed E-state index contributed by atoms with van der Waals surface area (Å²) in [7, 11) is 0. The molecule has 0 aromatic carbocycles. The van der Waals surface area contributed by atoms with Crippen LogP contribution < -0.4 is 11.2 Å². The molecule has 0 amide bonds. The number of hydrogen-bond donors (Lipinski definition) is 2. The second kappa shape index (κ2) is 11.1. The third-order valence-corrected chi connectivity index (χ3v) is 7.07.